The molecule has 2 aromatic carbocycles. The first kappa shape index (κ1) is 18.0. The van der Waals surface area contributed by atoms with Gasteiger partial charge in [0.25, 0.3) is 0 Å². The van der Waals surface area contributed by atoms with Crippen LogP contribution in [0, 0.1) is 5.92 Å². The van der Waals surface area contributed by atoms with Crippen molar-refractivity contribution in [3.05, 3.63) is 58.6 Å². The van der Waals surface area contributed by atoms with Crippen LogP contribution in [0.3, 0.4) is 0 Å². The average Bonchev–Trinajstić information content (AvgIpc) is 2.65. The molecular formula is C20H22ClNO2S. The van der Waals surface area contributed by atoms with Crippen molar-refractivity contribution in [3.8, 4) is 11.5 Å². The minimum Gasteiger partial charge on any atom is -0.503 e. The van der Waals surface area contributed by atoms with Crippen LogP contribution in [0.15, 0.2) is 42.5 Å². The Morgan fingerprint density at radius 3 is 2.56 bits per heavy atom. The number of hydrogen-bond donors (Lipinski definition) is 1. The van der Waals surface area contributed by atoms with E-state index in [2.05, 4.69) is 35.2 Å². The topological polar surface area (TPSA) is 32.7 Å². The molecule has 0 amide bonds. The van der Waals surface area contributed by atoms with Crippen molar-refractivity contribution in [3.63, 3.8) is 0 Å². The number of hydrogen-bond acceptors (Lipinski definition) is 3. The van der Waals surface area contributed by atoms with Crippen LogP contribution in [0.4, 0.5) is 0 Å². The third kappa shape index (κ3) is 4.25. The van der Waals surface area contributed by atoms with Crippen molar-refractivity contribution in [2.75, 3.05) is 20.2 Å². The van der Waals surface area contributed by atoms with E-state index >= 15 is 0 Å². The number of thiocarbonyl (C=S) groups is 1. The van der Waals surface area contributed by atoms with E-state index < -0.39 is 0 Å². The van der Waals surface area contributed by atoms with Crippen LogP contribution in [0.25, 0.3) is 0 Å². The predicted molar refractivity (Wildman–Crippen MR) is 106 cm³/mol. The van der Waals surface area contributed by atoms with E-state index in [0.29, 0.717) is 11.7 Å². The number of ether oxygens (including phenoxy) is 1. The van der Waals surface area contributed by atoms with Crippen molar-refractivity contribution in [1.29, 1.82) is 0 Å². The number of aromatic hydroxyl groups is 1. The van der Waals surface area contributed by atoms with Gasteiger partial charge in [-0.2, -0.15) is 0 Å². The van der Waals surface area contributed by atoms with Crippen LogP contribution in [0.2, 0.25) is 5.02 Å². The second-order valence-electron chi connectivity index (χ2n) is 6.43. The summed E-state index contributed by atoms with van der Waals surface area (Å²) in [6.07, 6.45) is 3.37. The SMILES string of the molecule is COc1cc(C(=S)N2CCC(Cc3ccccc3)CC2)cc(Cl)c1O. The minimum atomic E-state index is -0.0442. The molecule has 0 atom stereocenters. The third-order valence-corrected chi connectivity index (χ3v) is 5.55. The molecule has 1 aliphatic heterocycles. The highest BCUT2D eigenvalue weighted by atomic mass is 35.5. The number of phenolic OH excluding ortho intramolecular Hbond substituents is 1. The molecule has 2 aromatic rings. The molecule has 1 N–H and O–H groups in total. The Kier molecular flexibility index (Phi) is 5.82. The lowest BCUT2D eigenvalue weighted by Crippen LogP contribution is -2.38. The van der Waals surface area contributed by atoms with Crippen LogP contribution < -0.4 is 4.74 Å². The number of piperidine rings is 1. The van der Waals surface area contributed by atoms with Crippen LogP contribution >= 0.6 is 23.8 Å². The summed E-state index contributed by atoms with van der Waals surface area (Å²) in [5.41, 5.74) is 2.22. The largest absolute Gasteiger partial charge is 0.503 e. The van der Waals surface area contributed by atoms with Gasteiger partial charge >= 0.3 is 0 Å². The van der Waals surface area contributed by atoms with Gasteiger partial charge in [0.1, 0.15) is 4.99 Å². The summed E-state index contributed by atoms with van der Waals surface area (Å²) >= 11 is 11.7. The Bertz CT molecular complexity index is 743. The number of nitrogens with zero attached hydrogens (tertiary/aromatic N) is 1. The molecule has 0 aliphatic carbocycles. The highest BCUT2D eigenvalue weighted by Gasteiger charge is 2.23. The lowest BCUT2D eigenvalue weighted by molar-refractivity contribution is 0.268. The number of phenols is 1. The summed E-state index contributed by atoms with van der Waals surface area (Å²) in [5.74, 6) is 1.00. The van der Waals surface area contributed by atoms with Crippen molar-refractivity contribution >= 4 is 28.8 Å². The Hall–Kier alpha value is -1.78. The Morgan fingerprint density at radius 2 is 1.92 bits per heavy atom. The maximum absolute atomic E-state index is 9.88. The second-order valence-corrected chi connectivity index (χ2v) is 7.23. The van der Waals surface area contributed by atoms with E-state index in [4.69, 9.17) is 28.6 Å². The van der Waals surface area contributed by atoms with E-state index in [1.807, 2.05) is 0 Å². The summed E-state index contributed by atoms with van der Waals surface area (Å²) in [6, 6.07) is 14.1. The Labute approximate surface area is 159 Å². The van der Waals surface area contributed by atoms with Crippen LogP contribution in [-0.4, -0.2) is 35.2 Å². The molecule has 1 heterocycles. The first-order chi connectivity index (χ1) is 12.1. The van der Waals surface area contributed by atoms with E-state index in [1.165, 1.54) is 12.7 Å². The van der Waals surface area contributed by atoms with Gasteiger partial charge in [0.15, 0.2) is 11.5 Å². The minimum absolute atomic E-state index is 0.0442. The summed E-state index contributed by atoms with van der Waals surface area (Å²) in [6.45, 7) is 1.88. The van der Waals surface area contributed by atoms with Crippen molar-refractivity contribution in [2.45, 2.75) is 19.3 Å². The van der Waals surface area contributed by atoms with Gasteiger partial charge in [0, 0.05) is 18.7 Å². The van der Waals surface area contributed by atoms with Gasteiger partial charge in [0.2, 0.25) is 0 Å². The molecule has 132 valence electrons. The molecule has 0 spiro atoms. The zero-order valence-electron chi connectivity index (χ0n) is 14.2. The molecule has 25 heavy (non-hydrogen) atoms. The van der Waals surface area contributed by atoms with Crippen molar-refractivity contribution in [1.82, 2.24) is 4.90 Å². The number of methoxy groups -OCH3 is 1. The van der Waals surface area contributed by atoms with Gasteiger partial charge in [-0.15, -0.1) is 0 Å². The highest BCUT2D eigenvalue weighted by molar-refractivity contribution is 7.80. The molecule has 0 saturated carbocycles. The maximum Gasteiger partial charge on any atom is 0.176 e. The third-order valence-electron chi connectivity index (χ3n) is 4.76. The predicted octanol–water partition coefficient (Wildman–Crippen LogP) is 4.68. The average molecular weight is 376 g/mol. The monoisotopic (exact) mass is 375 g/mol. The fourth-order valence-corrected chi connectivity index (χ4v) is 3.83. The quantitative estimate of drug-likeness (QED) is 0.786. The van der Waals surface area contributed by atoms with Gasteiger partial charge < -0.3 is 14.7 Å². The first-order valence-corrected chi connectivity index (χ1v) is 9.27. The molecular weight excluding hydrogens is 354 g/mol. The fourth-order valence-electron chi connectivity index (χ4n) is 3.32. The van der Waals surface area contributed by atoms with E-state index in [1.54, 1.807) is 12.1 Å². The summed E-state index contributed by atoms with van der Waals surface area (Å²) in [5, 5.41) is 10.1. The highest BCUT2D eigenvalue weighted by Crippen LogP contribution is 2.35. The molecule has 0 bridgehead atoms. The van der Waals surface area contributed by atoms with Crippen molar-refractivity contribution in [2.24, 2.45) is 5.92 Å². The summed E-state index contributed by atoms with van der Waals surface area (Å²) in [7, 11) is 1.51. The van der Waals surface area contributed by atoms with Crippen molar-refractivity contribution < 1.29 is 9.84 Å². The molecule has 0 unspecified atom stereocenters. The number of halogens is 1. The Morgan fingerprint density at radius 1 is 1.24 bits per heavy atom. The van der Waals surface area contributed by atoms with E-state index in [-0.39, 0.29) is 10.8 Å². The number of benzene rings is 2. The fraction of sp³-hybridized carbons (Fsp3) is 0.350. The molecule has 0 radical (unpaired) electrons. The summed E-state index contributed by atoms with van der Waals surface area (Å²) < 4.78 is 5.17. The lowest BCUT2D eigenvalue weighted by Gasteiger charge is -2.34. The van der Waals surface area contributed by atoms with Crippen LogP contribution in [0.5, 0.6) is 11.5 Å². The van der Waals surface area contributed by atoms with Crippen LogP contribution in [-0.2, 0) is 6.42 Å². The van der Waals surface area contributed by atoms with E-state index in [0.717, 1.165) is 42.9 Å². The molecule has 3 rings (SSSR count). The standard InChI is InChI=1S/C20H22ClNO2S/c1-24-18-13-16(12-17(21)19(18)23)20(25)22-9-7-15(8-10-22)11-14-5-3-2-4-6-14/h2-6,12-13,15,23H,7-11H2,1H3. The van der Waals surface area contributed by atoms with Gasteiger partial charge in [0.05, 0.1) is 12.1 Å². The van der Waals surface area contributed by atoms with E-state index in [9.17, 15) is 5.11 Å². The van der Waals surface area contributed by atoms with Gasteiger partial charge in [-0.25, -0.2) is 0 Å². The molecule has 5 heteroatoms. The second kappa shape index (κ2) is 8.07. The normalized spacial score (nSPS) is 15.2. The summed E-state index contributed by atoms with van der Waals surface area (Å²) in [4.78, 5) is 2.98. The van der Waals surface area contributed by atoms with Crippen LogP contribution in [0.1, 0.15) is 24.0 Å². The van der Waals surface area contributed by atoms with Gasteiger partial charge in [-0.1, -0.05) is 54.2 Å². The lowest BCUT2D eigenvalue weighted by atomic mass is 9.90. The molecule has 3 nitrogen and oxygen atoms in total. The molecule has 0 aromatic heterocycles. The first-order valence-electron chi connectivity index (χ1n) is 8.48. The maximum atomic E-state index is 9.88. The van der Waals surface area contributed by atoms with Gasteiger partial charge in [-0.3, -0.25) is 0 Å². The number of likely N-dealkylation sites (tertiary alicyclic amines) is 1. The molecule has 1 fully saturated rings. The molecule has 1 saturated heterocycles. The zero-order chi connectivity index (χ0) is 17.8. The molecule has 1 aliphatic rings. The zero-order valence-corrected chi connectivity index (χ0v) is 15.8. The Balaban J connectivity index is 1.63. The number of rotatable bonds is 4. The smallest absolute Gasteiger partial charge is 0.176 e. The van der Waals surface area contributed by atoms with Gasteiger partial charge in [-0.05, 0) is 42.9 Å².